The molecular formula is C12H18N2OS. The summed E-state index contributed by atoms with van der Waals surface area (Å²) in [5, 5.41) is 5.01. The van der Waals surface area contributed by atoms with Crippen molar-refractivity contribution in [2.24, 2.45) is 11.7 Å². The second-order valence-corrected chi connectivity index (χ2v) is 5.49. The molecule has 3 nitrogen and oxygen atoms in total. The molecular weight excluding hydrogens is 220 g/mol. The van der Waals surface area contributed by atoms with E-state index in [-0.39, 0.29) is 18.0 Å². The van der Waals surface area contributed by atoms with Crippen LogP contribution in [0.2, 0.25) is 0 Å². The van der Waals surface area contributed by atoms with Crippen molar-refractivity contribution in [3.05, 3.63) is 22.4 Å². The summed E-state index contributed by atoms with van der Waals surface area (Å²) in [7, 11) is 0. The van der Waals surface area contributed by atoms with Crippen molar-refractivity contribution >= 4 is 17.2 Å². The summed E-state index contributed by atoms with van der Waals surface area (Å²) in [5.74, 6) is 0.656. The van der Waals surface area contributed by atoms with Gasteiger partial charge in [-0.1, -0.05) is 6.07 Å². The zero-order valence-electron chi connectivity index (χ0n) is 9.48. The molecule has 0 spiro atoms. The van der Waals surface area contributed by atoms with Crippen molar-refractivity contribution in [3.8, 4) is 0 Å². The first-order valence-electron chi connectivity index (χ1n) is 5.75. The van der Waals surface area contributed by atoms with Gasteiger partial charge in [0.15, 0.2) is 0 Å². The van der Waals surface area contributed by atoms with Crippen LogP contribution in [0.1, 0.15) is 37.1 Å². The lowest BCUT2D eigenvalue weighted by atomic mass is 10.1. The zero-order valence-corrected chi connectivity index (χ0v) is 10.3. The Morgan fingerprint density at radius 3 is 3.00 bits per heavy atom. The van der Waals surface area contributed by atoms with Crippen LogP contribution in [0.15, 0.2) is 17.5 Å². The molecule has 1 aliphatic carbocycles. The first-order chi connectivity index (χ1) is 7.66. The van der Waals surface area contributed by atoms with Gasteiger partial charge >= 0.3 is 0 Å². The maximum Gasteiger partial charge on any atom is 0.222 e. The van der Waals surface area contributed by atoms with Crippen LogP contribution < -0.4 is 11.1 Å². The van der Waals surface area contributed by atoms with E-state index in [0.29, 0.717) is 12.3 Å². The number of carbonyl (C=O) groups excluding carboxylic acids is 1. The number of thiophene rings is 1. The molecule has 1 heterocycles. The van der Waals surface area contributed by atoms with E-state index in [4.69, 9.17) is 5.73 Å². The van der Waals surface area contributed by atoms with Crippen LogP contribution in [0.3, 0.4) is 0 Å². The Bertz CT molecular complexity index is 346. The minimum absolute atomic E-state index is 0.0514. The Hall–Kier alpha value is -0.870. The van der Waals surface area contributed by atoms with Crippen molar-refractivity contribution in [2.75, 3.05) is 0 Å². The first kappa shape index (κ1) is 11.6. The molecule has 1 aliphatic rings. The summed E-state index contributed by atoms with van der Waals surface area (Å²) in [5.41, 5.74) is 5.92. The minimum Gasteiger partial charge on any atom is -0.349 e. The van der Waals surface area contributed by atoms with Gasteiger partial charge in [-0.2, -0.15) is 0 Å². The third-order valence-corrected chi connectivity index (χ3v) is 4.05. The maximum absolute atomic E-state index is 11.7. The van der Waals surface area contributed by atoms with Gasteiger partial charge in [0.25, 0.3) is 0 Å². The minimum atomic E-state index is 0.0514. The van der Waals surface area contributed by atoms with Crippen LogP contribution in [0.4, 0.5) is 0 Å². The van der Waals surface area contributed by atoms with Gasteiger partial charge in [0, 0.05) is 17.3 Å². The predicted molar refractivity (Wildman–Crippen MR) is 66.2 cm³/mol. The lowest BCUT2D eigenvalue weighted by molar-refractivity contribution is -0.122. The quantitative estimate of drug-likeness (QED) is 0.825. The molecule has 1 amide bonds. The number of nitrogens with one attached hydrogen (secondary N) is 1. The highest BCUT2D eigenvalue weighted by molar-refractivity contribution is 7.10. The van der Waals surface area contributed by atoms with Crippen molar-refractivity contribution in [2.45, 2.75) is 38.3 Å². The van der Waals surface area contributed by atoms with E-state index in [2.05, 4.69) is 5.32 Å². The standard InChI is InChI=1S/C12H18N2OS/c1-8(11-3-2-6-16-11)14-12(15)7-10(13)9-4-5-9/h2-3,6,8-10H,4-5,7,13H2,1H3,(H,14,15)/t8-,10?/m1/s1. The molecule has 2 rings (SSSR count). The average molecular weight is 238 g/mol. The van der Waals surface area contributed by atoms with Crippen molar-refractivity contribution in [1.29, 1.82) is 0 Å². The highest BCUT2D eigenvalue weighted by Gasteiger charge is 2.30. The number of nitrogens with two attached hydrogens (primary N) is 1. The molecule has 16 heavy (non-hydrogen) atoms. The fourth-order valence-corrected chi connectivity index (χ4v) is 2.55. The van der Waals surface area contributed by atoms with Gasteiger partial charge in [-0.05, 0) is 37.1 Å². The Kier molecular flexibility index (Phi) is 3.61. The van der Waals surface area contributed by atoms with Crippen molar-refractivity contribution in [1.82, 2.24) is 5.32 Å². The van der Waals surface area contributed by atoms with Crippen LogP contribution in [-0.4, -0.2) is 11.9 Å². The monoisotopic (exact) mass is 238 g/mol. The van der Waals surface area contributed by atoms with E-state index in [1.54, 1.807) is 11.3 Å². The number of hydrogen-bond acceptors (Lipinski definition) is 3. The van der Waals surface area contributed by atoms with Crippen LogP contribution in [0.25, 0.3) is 0 Å². The topological polar surface area (TPSA) is 55.1 Å². The van der Waals surface area contributed by atoms with Crippen LogP contribution >= 0.6 is 11.3 Å². The third kappa shape index (κ3) is 3.06. The van der Waals surface area contributed by atoms with Gasteiger partial charge in [0.05, 0.1) is 6.04 Å². The third-order valence-electron chi connectivity index (χ3n) is 3.00. The molecule has 2 atom stereocenters. The second-order valence-electron chi connectivity index (χ2n) is 4.51. The highest BCUT2D eigenvalue weighted by Crippen LogP contribution is 2.32. The molecule has 1 saturated carbocycles. The van der Waals surface area contributed by atoms with E-state index < -0.39 is 0 Å². The molecule has 0 aromatic carbocycles. The Morgan fingerprint density at radius 1 is 1.69 bits per heavy atom. The van der Waals surface area contributed by atoms with Gasteiger partial charge in [-0.25, -0.2) is 0 Å². The van der Waals surface area contributed by atoms with E-state index >= 15 is 0 Å². The molecule has 1 aromatic heterocycles. The Balaban J connectivity index is 1.78. The summed E-state index contributed by atoms with van der Waals surface area (Å²) in [4.78, 5) is 12.9. The van der Waals surface area contributed by atoms with Crippen molar-refractivity contribution < 1.29 is 4.79 Å². The lowest BCUT2D eigenvalue weighted by Crippen LogP contribution is -2.34. The molecule has 0 bridgehead atoms. The summed E-state index contributed by atoms with van der Waals surface area (Å²) in [6, 6.07) is 4.18. The maximum atomic E-state index is 11.7. The molecule has 0 saturated heterocycles. The first-order valence-corrected chi connectivity index (χ1v) is 6.63. The van der Waals surface area contributed by atoms with Gasteiger partial charge in [0.2, 0.25) is 5.91 Å². The molecule has 1 fully saturated rings. The normalized spacial score (nSPS) is 19.1. The van der Waals surface area contributed by atoms with Crippen molar-refractivity contribution in [3.63, 3.8) is 0 Å². The number of rotatable bonds is 5. The number of hydrogen-bond donors (Lipinski definition) is 2. The predicted octanol–water partition coefficient (Wildman–Crippen LogP) is 2.05. The second kappa shape index (κ2) is 4.97. The van der Waals surface area contributed by atoms with Gasteiger partial charge in [0.1, 0.15) is 0 Å². The Morgan fingerprint density at radius 2 is 2.44 bits per heavy atom. The molecule has 0 aliphatic heterocycles. The van der Waals surface area contributed by atoms with E-state index in [1.165, 1.54) is 17.7 Å². The zero-order chi connectivity index (χ0) is 11.5. The fraction of sp³-hybridized carbons (Fsp3) is 0.583. The largest absolute Gasteiger partial charge is 0.349 e. The van der Waals surface area contributed by atoms with Crippen LogP contribution in [0, 0.1) is 5.92 Å². The van der Waals surface area contributed by atoms with Crippen LogP contribution in [0.5, 0.6) is 0 Å². The van der Waals surface area contributed by atoms with Crippen LogP contribution in [-0.2, 0) is 4.79 Å². The molecule has 1 aromatic rings. The van der Waals surface area contributed by atoms with Gasteiger partial charge in [-0.15, -0.1) is 11.3 Å². The Labute approximate surface area is 100 Å². The summed E-state index contributed by atoms with van der Waals surface area (Å²) >= 11 is 1.66. The highest BCUT2D eigenvalue weighted by atomic mass is 32.1. The SMILES string of the molecule is C[C@@H](NC(=O)CC(N)C1CC1)c1cccs1. The van der Waals surface area contributed by atoms with Gasteiger partial charge < -0.3 is 11.1 Å². The summed E-state index contributed by atoms with van der Waals surface area (Å²) in [6.45, 7) is 2.01. The van der Waals surface area contributed by atoms with Gasteiger partial charge in [-0.3, -0.25) is 4.79 Å². The summed E-state index contributed by atoms with van der Waals surface area (Å²) < 4.78 is 0. The molecule has 1 unspecified atom stereocenters. The van der Waals surface area contributed by atoms with E-state index in [9.17, 15) is 4.79 Å². The molecule has 0 radical (unpaired) electrons. The smallest absolute Gasteiger partial charge is 0.222 e. The molecule has 4 heteroatoms. The summed E-state index contributed by atoms with van der Waals surface area (Å²) in [6.07, 6.45) is 2.84. The molecule has 3 N–H and O–H groups in total. The number of amides is 1. The fourth-order valence-electron chi connectivity index (χ4n) is 1.81. The average Bonchev–Trinajstić information content (AvgIpc) is 2.93. The number of carbonyl (C=O) groups is 1. The van der Waals surface area contributed by atoms with E-state index in [0.717, 1.165) is 0 Å². The lowest BCUT2D eigenvalue weighted by Gasteiger charge is -2.14. The molecule has 88 valence electrons. The van der Waals surface area contributed by atoms with E-state index in [1.807, 2.05) is 24.4 Å².